The summed E-state index contributed by atoms with van der Waals surface area (Å²) in [4.78, 5) is 21.1. The average Bonchev–Trinajstić information content (AvgIpc) is 2.27. The molecule has 1 rings (SSSR count). The van der Waals surface area contributed by atoms with Gasteiger partial charge >= 0.3 is 5.97 Å². The van der Waals surface area contributed by atoms with Crippen LogP contribution in [0.25, 0.3) is 0 Å². The molecule has 0 spiro atoms. The van der Waals surface area contributed by atoms with Crippen LogP contribution < -0.4 is 0 Å². The van der Waals surface area contributed by atoms with E-state index in [2.05, 4.69) is 4.74 Å². The predicted molar refractivity (Wildman–Crippen MR) is 52.0 cm³/mol. The van der Waals surface area contributed by atoms with Gasteiger partial charge in [-0.05, 0) is 0 Å². The summed E-state index contributed by atoms with van der Waals surface area (Å²) in [6.45, 7) is -0.561. The lowest BCUT2D eigenvalue weighted by Crippen LogP contribution is -2.06. The number of aliphatic hydroxyl groups excluding tert-OH is 1. The molecule has 0 aliphatic rings. The third-order valence-electron chi connectivity index (χ3n) is 1.97. The number of hydrogen-bond acceptors (Lipinski definition) is 6. The smallest absolute Gasteiger partial charge is 0.345 e. The zero-order valence-corrected chi connectivity index (χ0v) is 8.34. The van der Waals surface area contributed by atoms with E-state index >= 15 is 0 Å². The number of ether oxygens (including phenoxy) is 1. The van der Waals surface area contributed by atoms with Crippen LogP contribution in [-0.2, 0) is 11.3 Å². The van der Waals surface area contributed by atoms with Crippen molar-refractivity contribution in [2.45, 2.75) is 6.61 Å². The normalized spacial score (nSPS) is 9.88. The standard InChI is InChI=1S/C9H9NO6/c1-16-9(13)6-3-8(12)5(4-11)2-7(6)10(14)15/h2-3,11-12H,4H2,1H3. The molecule has 0 saturated heterocycles. The minimum absolute atomic E-state index is 0.0284. The van der Waals surface area contributed by atoms with Gasteiger partial charge in [0.25, 0.3) is 5.69 Å². The lowest BCUT2D eigenvalue weighted by atomic mass is 10.1. The first kappa shape index (κ1) is 11.9. The fraction of sp³-hybridized carbons (Fsp3) is 0.222. The number of benzene rings is 1. The highest BCUT2D eigenvalue weighted by molar-refractivity contribution is 5.94. The molecule has 16 heavy (non-hydrogen) atoms. The molecule has 7 heteroatoms. The van der Waals surface area contributed by atoms with Crippen LogP contribution in [0.3, 0.4) is 0 Å². The molecular formula is C9H9NO6. The van der Waals surface area contributed by atoms with Crippen LogP contribution in [0.1, 0.15) is 15.9 Å². The Morgan fingerprint density at radius 2 is 2.19 bits per heavy atom. The van der Waals surface area contributed by atoms with E-state index in [9.17, 15) is 20.0 Å². The molecule has 0 aliphatic heterocycles. The summed E-state index contributed by atoms with van der Waals surface area (Å²) in [5.41, 5.74) is -0.907. The number of esters is 1. The highest BCUT2D eigenvalue weighted by Crippen LogP contribution is 2.28. The number of phenols is 1. The van der Waals surface area contributed by atoms with Crippen molar-refractivity contribution in [3.8, 4) is 5.75 Å². The Balaban J connectivity index is 3.42. The summed E-state index contributed by atoms with van der Waals surface area (Å²) in [5.74, 6) is -1.32. The van der Waals surface area contributed by atoms with Crippen LogP contribution in [0.15, 0.2) is 12.1 Å². The quantitative estimate of drug-likeness (QED) is 0.444. The molecule has 1 aromatic carbocycles. The van der Waals surface area contributed by atoms with Crippen molar-refractivity contribution in [3.63, 3.8) is 0 Å². The molecule has 0 radical (unpaired) electrons. The summed E-state index contributed by atoms with van der Waals surface area (Å²) < 4.78 is 4.34. The monoisotopic (exact) mass is 227 g/mol. The second kappa shape index (κ2) is 4.58. The van der Waals surface area contributed by atoms with Gasteiger partial charge in [-0.3, -0.25) is 10.1 Å². The number of carbonyl (C=O) groups is 1. The summed E-state index contributed by atoms with van der Waals surface area (Å²) in [5, 5.41) is 28.8. The van der Waals surface area contributed by atoms with Crippen LogP contribution in [0.2, 0.25) is 0 Å². The van der Waals surface area contributed by atoms with Crippen LogP contribution in [-0.4, -0.2) is 28.2 Å². The average molecular weight is 227 g/mol. The van der Waals surface area contributed by atoms with Gasteiger partial charge < -0.3 is 14.9 Å². The summed E-state index contributed by atoms with van der Waals surface area (Å²) in [6, 6.07) is 1.83. The number of nitrogens with zero attached hydrogens (tertiary/aromatic N) is 1. The van der Waals surface area contributed by atoms with Crippen LogP contribution in [0, 0.1) is 10.1 Å². The van der Waals surface area contributed by atoms with E-state index in [1.165, 1.54) is 0 Å². The minimum atomic E-state index is -0.925. The van der Waals surface area contributed by atoms with Crippen LogP contribution in [0.5, 0.6) is 5.75 Å². The second-order valence-electron chi connectivity index (χ2n) is 2.90. The molecule has 86 valence electrons. The number of methoxy groups -OCH3 is 1. The Bertz CT molecular complexity index is 442. The van der Waals surface area contributed by atoms with Crippen molar-refractivity contribution in [2.24, 2.45) is 0 Å². The molecule has 0 atom stereocenters. The lowest BCUT2D eigenvalue weighted by molar-refractivity contribution is -0.385. The molecule has 0 unspecified atom stereocenters. The van der Waals surface area contributed by atoms with E-state index in [0.29, 0.717) is 0 Å². The van der Waals surface area contributed by atoms with Gasteiger partial charge in [0.15, 0.2) is 0 Å². The topological polar surface area (TPSA) is 110 Å². The fourth-order valence-electron chi connectivity index (χ4n) is 1.17. The van der Waals surface area contributed by atoms with E-state index in [1.54, 1.807) is 0 Å². The minimum Gasteiger partial charge on any atom is -0.508 e. The molecule has 0 aromatic heterocycles. The van der Waals surface area contributed by atoms with Gasteiger partial charge in [0.2, 0.25) is 0 Å². The molecule has 0 amide bonds. The molecule has 1 aromatic rings. The zero-order valence-electron chi connectivity index (χ0n) is 8.34. The Kier molecular flexibility index (Phi) is 3.41. The Morgan fingerprint density at radius 3 is 2.62 bits per heavy atom. The Morgan fingerprint density at radius 1 is 1.56 bits per heavy atom. The van der Waals surface area contributed by atoms with E-state index in [1.807, 2.05) is 0 Å². The molecule has 0 aliphatic carbocycles. The number of carbonyl (C=O) groups excluding carboxylic acids is 1. The number of nitro groups is 1. The summed E-state index contributed by atoms with van der Waals surface area (Å²) >= 11 is 0. The maximum atomic E-state index is 11.2. The summed E-state index contributed by atoms with van der Waals surface area (Å²) in [6.07, 6.45) is 0. The van der Waals surface area contributed by atoms with Gasteiger partial charge in [0.1, 0.15) is 11.3 Å². The Labute approximate surface area is 90.0 Å². The molecule has 2 N–H and O–H groups in total. The SMILES string of the molecule is COC(=O)c1cc(O)c(CO)cc1[N+](=O)[O-]. The molecule has 0 bridgehead atoms. The number of aliphatic hydroxyl groups is 1. The number of nitro benzene ring substituents is 1. The van der Waals surface area contributed by atoms with Crippen molar-refractivity contribution < 1.29 is 24.7 Å². The molecule has 0 fully saturated rings. The summed E-state index contributed by atoms with van der Waals surface area (Å²) in [7, 11) is 1.07. The molecular weight excluding hydrogens is 218 g/mol. The van der Waals surface area contributed by atoms with Gasteiger partial charge in [-0.15, -0.1) is 0 Å². The zero-order chi connectivity index (χ0) is 12.3. The van der Waals surface area contributed by atoms with Crippen LogP contribution in [0.4, 0.5) is 5.69 Å². The number of hydrogen-bond donors (Lipinski definition) is 2. The molecule has 7 nitrogen and oxygen atoms in total. The fourth-order valence-corrected chi connectivity index (χ4v) is 1.17. The predicted octanol–water partition coefficient (Wildman–Crippen LogP) is 0.579. The maximum Gasteiger partial charge on any atom is 0.345 e. The van der Waals surface area contributed by atoms with Crippen molar-refractivity contribution in [1.82, 2.24) is 0 Å². The van der Waals surface area contributed by atoms with Crippen molar-refractivity contribution >= 4 is 11.7 Å². The van der Waals surface area contributed by atoms with E-state index in [4.69, 9.17) is 5.11 Å². The van der Waals surface area contributed by atoms with Crippen LogP contribution >= 0.6 is 0 Å². The van der Waals surface area contributed by atoms with E-state index in [-0.39, 0.29) is 11.1 Å². The van der Waals surface area contributed by atoms with E-state index < -0.39 is 28.9 Å². The van der Waals surface area contributed by atoms with Gasteiger partial charge in [0, 0.05) is 17.7 Å². The van der Waals surface area contributed by atoms with Gasteiger partial charge in [-0.1, -0.05) is 0 Å². The van der Waals surface area contributed by atoms with Gasteiger partial charge in [-0.2, -0.15) is 0 Å². The first-order chi connectivity index (χ1) is 7.51. The number of aromatic hydroxyl groups is 1. The number of rotatable bonds is 3. The van der Waals surface area contributed by atoms with Gasteiger partial charge in [-0.25, -0.2) is 4.79 Å². The third-order valence-corrected chi connectivity index (χ3v) is 1.97. The second-order valence-corrected chi connectivity index (χ2v) is 2.90. The first-order valence-corrected chi connectivity index (χ1v) is 4.20. The molecule has 0 saturated carbocycles. The van der Waals surface area contributed by atoms with Crippen molar-refractivity contribution in [1.29, 1.82) is 0 Å². The highest BCUT2D eigenvalue weighted by atomic mass is 16.6. The lowest BCUT2D eigenvalue weighted by Gasteiger charge is -2.05. The largest absolute Gasteiger partial charge is 0.508 e. The molecule has 0 heterocycles. The maximum absolute atomic E-state index is 11.2. The van der Waals surface area contributed by atoms with Crippen molar-refractivity contribution in [3.05, 3.63) is 33.4 Å². The highest BCUT2D eigenvalue weighted by Gasteiger charge is 2.23. The van der Waals surface area contributed by atoms with E-state index in [0.717, 1.165) is 19.2 Å². The van der Waals surface area contributed by atoms with Gasteiger partial charge in [0.05, 0.1) is 18.6 Å². The van der Waals surface area contributed by atoms with Crippen molar-refractivity contribution in [2.75, 3.05) is 7.11 Å². The first-order valence-electron chi connectivity index (χ1n) is 4.20. The third kappa shape index (κ3) is 2.09. The Hall–Kier alpha value is -2.15.